The lowest BCUT2D eigenvalue weighted by Crippen LogP contribution is -2.58. The first-order valence-electron chi connectivity index (χ1n) is 13.8. The first kappa shape index (κ1) is 33.2. The van der Waals surface area contributed by atoms with Gasteiger partial charge in [-0.15, -0.1) is 11.3 Å². The normalized spacial score (nSPS) is 15.5. The SMILES string of the molecule is CC(C)C[C@H](NC(=O)c1cc2ccccc2s1)C(=O)N1CCN(C(=O)[C@H](CCO)NS(=O)(=O)c2ccc(Cl)cc2Cl)CC1. The van der Waals surface area contributed by atoms with Gasteiger partial charge in [0.1, 0.15) is 17.0 Å². The van der Waals surface area contributed by atoms with E-state index < -0.39 is 34.6 Å². The number of aliphatic hydroxyl groups excluding tert-OH is 1. The number of hydrogen-bond donors (Lipinski definition) is 3. The zero-order chi connectivity index (χ0) is 31.3. The summed E-state index contributed by atoms with van der Waals surface area (Å²) >= 11 is 13.3. The van der Waals surface area contributed by atoms with Gasteiger partial charge in [0.2, 0.25) is 21.8 Å². The second-order valence-corrected chi connectivity index (χ2v) is 14.3. The Labute approximate surface area is 265 Å². The van der Waals surface area contributed by atoms with E-state index in [9.17, 15) is 27.9 Å². The Morgan fingerprint density at radius 3 is 2.16 bits per heavy atom. The number of rotatable bonds is 11. The molecule has 14 heteroatoms. The van der Waals surface area contributed by atoms with Gasteiger partial charge in [-0.05, 0) is 54.5 Å². The molecule has 3 aromatic rings. The van der Waals surface area contributed by atoms with Crippen molar-refractivity contribution < 1.29 is 27.9 Å². The number of amides is 3. The van der Waals surface area contributed by atoms with E-state index in [1.54, 1.807) is 4.90 Å². The van der Waals surface area contributed by atoms with E-state index in [4.69, 9.17) is 23.2 Å². The van der Waals surface area contributed by atoms with Crippen molar-refractivity contribution in [3.8, 4) is 0 Å². The molecule has 1 saturated heterocycles. The van der Waals surface area contributed by atoms with Gasteiger partial charge in [-0.25, -0.2) is 8.42 Å². The Balaban J connectivity index is 1.40. The number of nitrogens with zero attached hydrogens (tertiary/aromatic N) is 2. The number of thiophene rings is 1. The minimum Gasteiger partial charge on any atom is -0.396 e. The van der Waals surface area contributed by atoms with Crippen molar-refractivity contribution in [2.24, 2.45) is 5.92 Å². The van der Waals surface area contributed by atoms with Gasteiger partial charge < -0.3 is 20.2 Å². The summed E-state index contributed by atoms with van der Waals surface area (Å²) in [6.07, 6.45) is 0.296. The molecule has 0 aliphatic carbocycles. The second kappa shape index (κ2) is 14.4. The summed E-state index contributed by atoms with van der Waals surface area (Å²) in [6, 6.07) is 11.4. The molecule has 0 radical (unpaired) electrons. The maximum Gasteiger partial charge on any atom is 0.262 e. The van der Waals surface area contributed by atoms with Gasteiger partial charge in [0.05, 0.1) is 9.90 Å². The van der Waals surface area contributed by atoms with Crippen molar-refractivity contribution >= 4 is 72.4 Å². The first-order chi connectivity index (χ1) is 20.4. The molecule has 232 valence electrons. The number of sulfonamides is 1. The van der Waals surface area contributed by atoms with Crippen LogP contribution in [-0.2, 0) is 19.6 Å². The molecular formula is C29H34Cl2N4O6S2. The molecule has 0 bridgehead atoms. The quantitative estimate of drug-likeness (QED) is 0.285. The maximum atomic E-state index is 13.6. The molecule has 4 rings (SSSR count). The van der Waals surface area contributed by atoms with E-state index in [1.165, 1.54) is 34.4 Å². The van der Waals surface area contributed by atoms with E-state index in [2.05, 4.69) is 10.0 Å². The number of halogens is 2. The molecule has 1 aliphatic heterocycles. The molecule has 3 amide bonds. The van der Waals surface area contributed by atoms with Gasteiger partial charge in [-0.1, -0.05) is 55.2 Å². The van der Waals surface area contributed by atoms with E-state index in [0.717, 1.165) is 10.1 Å². The number of piperazine rings is 1. The van der Waals surface area contributed by atoms with Gasteiger partial charge in [0.15, 0.2) is 0 Å². The van der Waals surface area contributed by atoms with Crippen LogP contribution in [0.3, 0.4) is 0 Å². The fourth-order valence-electron chi connectivity index (χ4n) is 4.91. The third kappa shape index (κ3) is 8.25. The largest absolute Gasteiger partial charge is 0.396 e. The van der Waals surface area contributed by atoms with Crippen molar-refractivity contribution in [3.63, 3.8) is 0 Å². The van der Waals surface area contributed by atoms with Crippen LogP contribution in [0.4, 0.5) is 0 Å². The van der Waals surface area contributed by atoms with Crippen LogP contribution in [0.5, 0.6) is 0 Å². The minimum atomic E-state index is -4.21. The first-order valence-corrected chi connectivity index (χ1v) is 16.9. The average Bonchev–Trinajstić information content (AvgIpc) is 3.40. The zero-order valence-electron chi connectivity index (χ0n) is 23.8. The van der Waals surface area contributed by atoms with Crippen molar-refractivity contribution in [2.45, 2.75) is 43.7 Å². The lowest BCUT2D eigenvalue weighted by Gasteiger charge is -2.38. The molecule has 2 aromatic carbocycles. The Morgan fingerprint density at radius 1 is 0.953 bits per heavy atom. The molecular weight excluding hydrogens is 635 g/mol. The number of benzene rings is 2. The molecule has 1 aliphatic rings. The van der Waals surface area contributed by atoms with Gasteiger partial charge in [-0.3, -0.25) is 14.4 Å². The number of hydrogen-bond acceptors (Lipinski definition) is 7. The molecule has 3 N–H and O–H groups in total. The monoisotopic (exact) mass is 668 g/mol. The van der Waals surface area contributed by atoms with Crippen molar-refractivity contribution in [1.29, 1.82) is 0 Å². The molecule has 2 heterocycles. The van der Waals surface area contributed by atoms with Crippen LogP contribution < -0.4 is 10.0 Å². The highest BCUT2D eigenvalue weighted by atomic mass is 35.5. The van der Waals surface area contributed by atoms with Crippen LogP contribution in [0.2, 0.25) is 10.0 Å². The van der Waals surface area contributed by atoms with Gasteiger partial charge >= 0.3 is 0 Å². The van der Waals surface area contributed by atoms with Crippen molar-refractivity contribution in [3.05, 3.63) is 63.5 Å². The topological polar surface area (TPSA) is 136 Å². The van der Waals surface area contributed by atoms with Gasteiger partial charge in [-0.2, -0.15) is 4.72 Å². The summed E-state index contributed by atoms with van der Waals surface area (Å²) in [6.45, 7) is 4.26. The predicted octanol–water partition coefficient (Wildman–Crippen LogP) is 3.75. The summed E-state index contributed by atoms with van der Waals surface area (Å²) in [4.78, 5) is 43.4. The Morgan fingerprint density at radius 2 is 1.58 bits per heavy atom. The third-order valence-electron chi connectivity index (χ3n) is 7.06. The van der Waals surface area contributed by atoms with E-state index in [-0.39, 0.29) is 65.3 Å². The van der Waals surface area contributed by atoms with E-state index in [0.29, 0.717) is 11.3 Å². The number of aliphatic hydroxyl groups is 1. The second-order valence-electron chi connectivity index (χ2n) is 10.7. The fourth-order valence-corrected chi connectivity index (χ4v) is 7.87. The van der Waals surface area contributed by atoms with Crippen LogP contribution in [0, 0.1) is 5.92 Å². The number of carbonyl (C=O) groups is 3. The molecule has 0 unspecified atom stereocenters. The third-order valence-corrected chi connectivity index (χ3v) is 10.4. The van der Waals surface area contributed by atoms with Crippen LogP contribution >= 0.6 is 34.5 Å². The number of nitrogens with one attached hydrogen (secondary N) is 2. The average molecular weight is 670 g/mol. The number of fused-ring (bicyclic) bond motifs is 1. The van der Waals surface area contributed by atoms with Gasteiger partial charge in [0.25, 0.3) is 5.91 Å². The van der Waals surface area contributed by atoms with Crippen LogP contribution in [0.15, 0.2) is 53.4 Å². The molecule has 0 spiro atoms. The summed E-state index contributed by atoms with van der Waals surface area (Å²) in [5.74, 6) is -0.929. The van der Waals surface area contributed by atoms with Crippen LogP contribution in [0.1, 0.15) is 36.4 Å². The van der Waals surface area contributed by atoms with Crippen molar-refractivity contribution in [1.82, 2.24) is 19.8 Å². The highest BCUT2D eigenvalue weighted by Gasteiger charge is 2.34. The van der Waals surface area contributed by atoms with Crippen LogP contribution in [0.25, 0.3) is 10.1 Å². The minimum absolute atomic E-state index is 0.0993. The molecule has 2 atom stereocenters. The van der Waals surface area contributed by atoms with E-state index in [1.807, 2.05) is 44.2 Å². The summed E-state index contributed by atoms with van der Waals surface area (Å²) in [7, 11) is -4.21. The summed E-state index contributed by atoms with van der Waals surface area (Å²) < 4.78 is 29.3. The van der Waals surface area contributed by atoms with Crippen molar-refractivity contribution in [2.75, 3.05) is 32.8 Å². The predicted molar refractivity (Wildman–Crippen MR) is 168 cm³/mol. The highest BCUT2D eigenvalue weighted by molar-refractivity contribution is 7.89. The number of carbonyl (C=O) groups excluding carboxylic acids is 3. The van der Waals surface area contributed by atoms with Gasteiger partial charge in [0, 0.05) is 42.5 Å². The molecule has 1 aromatic heterocycles. The Hall–Kier alpha value is -2.74. The lowest BCUT2D eigenvalue weighted by atomic mass is 10.0. The molecule has 43 heavy (non-hydrogen) atoms. The summed E-state index contributed by atoms with van der Waals surface area (Å²) in [5, 5.41) is 13.6. The highest BCUT2D eigenvalue weighted by Crippen LogP contribution is 2.27. The molecule has 1 fully saturated rings. The standard InChI is InChI=1S/C29H34Cl2N4O6S2/c1-18(2)15-23(32-27(37)25-16-19-5-3-4-6-24(19)42-25)29(39)35-12-10-34(11-13-35)28(38)22(9-14-36)33-43(40,41)26-8-7-20(30)17-21(26)31/h3-8,16-18,22-23,33,36H,9-15H2,1-2H3,(H,32,37)/t22-,23-/m0/s1. The maximum absolute atomic E-state index is 13.6. The summed E-state index contributed by atoms with van der Waals surface area (Å²) in [5.41, 5.74) is 0. The lowest BCUT2D eigenvalue weighted by molar-refractivity contribution is -0.141. The molecule has 10 nitrogen and oxygen atoms in total. The smallest absolute Gasteiger partial charge is 0.262 e. The zero-order valence-corrected chi connectivity index (χ0v) is 26.9. The Bertz CT molecular complexity index is 1560. The fraction of sp³-hybridized carbons (Fsp3) is 0.414. The van der Waals surface area contributed by atoms with Crippen LogP contribution in [-0.4, -0.2) is 85.9 Å². The Kier molecular flexibility index (Phi) is 11.1. The molecule has 0 saturated carbocycles. The van der Waals surface area contributed by atoms with E-state index >= 15 is 0 Å².